The van der Waals surface area contributed by atoms with Gasteiger partial charge in [-0.3, -0.25) is 0 Å². The Morgan fingerprint density at radius 2 is 2.29 bits per heavy atom. The predicted octanol–water partition coefficient (Wildman–Crippen LogP) is 2.74. The zero-order chi connectivity index (χ0) is 10.6. The molecule has 4 heteroatoms. The average molecular weight is 219 g/mol. The first-order valence-electron chi connectivity index (χ1n) is 4.35. The van der Waals surface area contributed by atoms with Gasteiger partial charge in [-0.2, -0.15) is 0 Å². The largest absolute Gasteiger partial charge is 0.493 e. The summed E-state index contributed by atoms with van der Waals surface area (Å²) < 4.78 is 17.5. The summed E-state index contributed by atoms with van der Waals surface area (Å²) in [7, 11) is 0. The van der Waals surface area contributed by atoms with Crippen LogP contribution in [0.5, 0.6) is 5.75 Å². The SMILES string of the molecule is CCOc1ccc(Cl)cc1C(O)CF. The first-order chi connectivity index (χ1) is 6.69. The molecule has 78 valence electrons. The number of ether oxygens (including phenoxy) is 1. The van der Waals surface area contributed by atoms with Crippen LogP contribution in [0.2, 0.25) is 5.02 Å². The molecule has 0 spiro atoms. The highest BCUT2D eigenvalue weighted by atomic mass is 35.5. The van der Waals surface area contributed by atoms with Gasteiger partial charge in [0.05, 0.1) is 6.61 Å². The van der Waals surface area contributed by atoms with Gasteiger partial charge in [0, 0.05) is 10.6 Å². The van der Waals surface area contributed by atoms with Gasteiger partial charge in [-0.25, -0.2) is 4.39 Å². The summed E-state index contributed by atoms with van der Waals surface area (Å²) in [6.07, 6.45) is -1.17. The van der Waals surface area contributed by atoms with Crippen molar-refractivity contribution in [1.82, 2.24) is 0 Å². The van der Waals surface area contributed by atoms with E-state index in [1.165, 1.54) is 6.07 Å². The molecular formula is C10H12ClFO2. The van der Waals surface area contributed by atoms with E-state index in [2.05, 4.69) is 0 Å². The van der Waals surface area contributed by atoms with Gasteiger partial charge in [-0.05, 0) is 25.1 Å². The summed E-state index contributed by atoms with van der Waals surface area (Å²) in [5.41, 5.74) is 0.391. The molecule has 1 aromatic rings. The number of benzene rings is 1. The molecule has 0 aromatic heterocycles. The summed E-state index contributed by atoms with van der Waals surface area (Å²) in [6, 6.07) is 4.78. The lowest BCUT2D eigenvalue weighted by atomic mass is 10.1. The van der Waals surface area contributed by atoms with E-state index in [1.807, 2.05) is 6.92 Å². The fourth-order valence-electron chi connectivity index (χ4n) is 1.15. The van der Waals surface area contributed by atoms with Gasteiger partial charge in [-0.15, -0.1) is 0 Å². The first kappa shape index (κ1) is 11.3. The van der Waals surface area contributed by atoms with Gasteiger partial charge >= 0.3 is 0 Å². The molecule has 1 N–H and O–H groups in total. The van der Waals surface area contributed by atoms with Crippen molar-refractivity contribution in [3.8, 4) is 5.75 Å². The van der Waals surface area contributed by atoms with Crippen LogP contribution in [0, 0.1) is 0 Å². The molecule has 2 nitrogen and oxygen atoms in total. The molecule has 0 fully saturated rings. The van der Waals surface area contributed by atoms with Crippen molar-refractivity contribution in [1.29, 1.82) is 0 Å². The van der Waals surface area contributed by atoms with Gasteiger partial charge in [0.2, 0.25) is 0 Å². The van der Waals surface area contributed by atoms with Crippen molar-refractivity contribution in [2.24, 2.45) is 0 Å². The van der Waals surface area contributed by atoms with E-state index in [0.717, 1.165) is 0 Å². The molecule has 0 radical (unpaired) electrons. The minimum atomic E-state index is -1.17. The summed E-state index contributed by atoms with van der Waals surface area (Å²) in [4.78, 5) is 0. The normalized spacial score (nSPS) is 12.6. The average Bonchev–Trinajstić information content (AvgIpc) is 2.20. The minimum absolute atomic E-state index is 0.391. The smallest absolute Gasteiger partial charge is 0.125 e. The Labute approximate surface area is 87.3 Å². The van der Waals surface area contributed by atoms with Gasteiger partial charge in [0.15, 0.2) is 0 Å². The highest BCUT2D eigenvalue weighted by Gasteiger charge is 2.13. The maximum absolute atomic E-state index is 12.3. The third-order valence-corrected chi connectivity index (χ3v) is 2.01. The molecule has 1 aromatic carbocycles. The van der Waals surface area contributed by atoms with Crippen LogP contribution >= 0.6 is 11.6 Å². The number of aliphatic hydroxyl groups excluding tert-OH is 1. The van der Waals surface area contributed by atoms with E-state index >= 15 is 0 Å². The molecule has 0 aliphatic rings. The Kier molecular flexibility index (Phi) is 4.17. The van der Waals surface area contributed by atoms with Crippen molar-refractivity contribution in [2.45, 2.75) is 13.0 Å². The number of rotatable bonds is 4. The van der Waals surface area contributed by atoms with Crippen LogP contribution in [0.15, 0.2) is 18.2 Å². The van der Waals surface area contributed by atoms with Crippen LogP contribution in [-0.2, 0) is 0 Å². The van der Waals surface area contributed by atoms with Crippen LogP contribution in [-0.4, -0.2) is 18.4 Å². The van der Waals surface area contributed by atoms with Crippen molar-refractivity contribution in [3.63, 3.8) is 0 Å². The third kappa shape index (κ3) is 2.59. The molecule has 1 unspecified atom stereocenters. The summed E-state index contributed by atoms with van der Waals surface area (Å²) in [5.74, 6) is 0.474. The van der Waals surface area contributed by atoms with E-state index < -0.39 is 12.8 Å². The third-order valence-electron chi connectivity index (χ3n) is 1.78. The highest BCUT2D eigenvalue weighted by molar-refractivity contribution is 6.30. The Bertz CT molecular complexity index is 304. The second kappa shape index (κ2) is 5.17. The molecule has 0 aliphatic carbocycles. The predicted molar refractivity (Wildman–Crippen MR) is 53.6 cm³/mol. The molecule has 1 rings (SSSR count). The second-order valence-electron chi connectivity index (χ2n) is 2.79. The molecular weight excluding hydrogens is 207 g/mol. The molecule has 0 heterocycles. The van der Waals surface area contributed by atoms with E-state index in [0.29, 0.717) is 22.9 Å². The molecule has 1 atom stereocenters. The Morgan fingerprint density at radius 3 is 2.86 bits per heavy atom. The maximum atomic E-state index is 12.3. The summed E-state index contributed by atoms with van der Waals surface area (Å²) in [5, 5.41) is 9.80. The zero-order valence-corrected chi connectivity index (χ0v) is 8.59. The summed E-state index contributed by atoms with van der Waals surface area (Å²) >= 11 is 5.73. The van der Waals surface area contributed by atoms with Gasteiger partial charge < -0.3 is 9.84 Å². The second-order valence-corrected chi connectivity index (χ2v) is 3.22. The van der Waals surface area contributed by atoms with Gasteiger partial charge in [0.1, 0.15) is 18.5 Å². The fraction of sp³-hybridized carbons (Fsp3) is 0.400. The first-order valence-corrected chi connectivity index (χ1v) is 4.73. The topological polar surface area (TPSA) is 29.5 Å². The minimum Gasteiger partial charge on any atom is -0.493 e. The van der Waals surface area contributed by atoms with Crippen LogP contribution < -0.4 is 4.74 Å². The van der Waals surface area contributed by atoms with Crippen LogP contribution in [0.25, 0.3) is 0 Å². The van der Waals surface area contributed by atoms with Crippen LogP contribution in [0.4, 0.5) is 4.39 Å². The van der Waals surface area contributed by atoms with E-state index in [9.17, 15) is 9.50 Å². The van der Waals surface area contributed by atoms with E-state index in [1.54, 1.807) is 12.1 Å². The lowest BCUT2D eigenvalue weighted by Gasteiger charge is -2.13. The van der Waals surface area contributed by atoms with E-state index in [4.69, 9.17) is 16.3 Å². The van der Waals surface area contributed by atoms with Crippen molar-refractivity contribution >= 4 is 11.6 Å². The lowest BCUT2D eigenvalue weighted by molar-refractivity contribution is 0.137. The molecule has 0 aliphatic heterocycles. The number of hydrogen-bond acceptors (Lipinski definition) is 2. The van der Waals surface area contributed by atoms with Crippen molar-refractivity contribution in [3.05, 3.63) is 28.8 Å². The maximum Gasteiger partial charge on any atom is 0.125 e. The number of hydrogen-bond donors (Lipinski definition) is 1. The highest BCUT2D eigenvalue weighted by Crippen LogP contribution is 2.28. The van der Waals surface area contributed by atoms with E-state index in [-0.39, 0.29) is 0 Å². The van der Waals surface area contributed by atoms with Crippen molar-refractivity contribution < 1.29 is 14.2 Å². The molecule has 0 saturated carbocycles. The Hall–Kier alpha value is -0.800. The fourth-order valence-corrected chi connectivity index (χ4v) is 1.33. The van der Waals surface area contributed by atoms with Crippen LogP contribution in [0.1, 0.15) is 18.6 Å². The number of alkyl halides is 1. The Balaban J connectivity index is 3.02. The molecule has 0 saturated heterocycles. The summed E-state index contributed by atoms with van der Waals surface area (Å²) in [6.45, 7) is 1.44. The molecule has 0 bridgehead atoms. The quantitative estimate of drug-likeness (QED) is 0.842. The Morgan fingerprint density at radius 1 is 1.57 bits per heavy atom. The lowest BCUT2D eigenvalue weighted by Crippen LogP contribution is -2.03. The van der Waals surface area contributed by atoms with Crippen molar-refractivity contribution in [2.75, 3.05) is 13.3 Å². The van der Waals surface area contributed by atoms with Gasteiger partial charge in [0.25, 0.3) is 0 Å². The zero-order valence-electron chi connectivity index (χ0n) is 7.84. The number of halogens is 2. The van der Waals surface area contributed by atoms with Gasteiger partial charge in [-0.1, -0.05) is 11.6 Å². The number of aliphatic hydroxyl groups is 1. The standard InChI is InChI=1S/C10H12ClFO2/c1-2-14-10-4-3-7(11)5-8(10)9(13)6-12/h3-5,9,13H,2,6H2,1H3. The van der Waals surface area contributed by atoms with Crippen LogP contribution in [0.3, 0.4) is 0 Å². The monoisotopic (exact) mass is 218 g/mol. The molecule has 14 heavy (non-hydrogen) atoms. The molecule has 0 amide bonds.